The third kappa shape index (κ3) is 12.4. The standard InChI is InChI=1S/C33H46O4.C21H32O3/c1-2-3-5-14-27(37-33-16-8-9-19-35-33)17-18-28-29-20-25-13-10-15-32(30(25)21-26(29)22-31(28)34)36-23-24-11-6-4-7-12-24;1-2-3-4-7-16(22)9-10-17-18-11-14-6-5-8-20(23)19(14)12-15(18)13-21(17)24/h4,6-7,10-13,15,26-29,31,33-34H,2-3,5,8-9,14,16-23H2,1H3;5-6,8,15-18,21-24H,2-4,7,9-13H2,1H3/t26-,27-,28+,29-,31+,33?;15-,16-,17+,18-,21+/m00/s1. The van der Waals surface area contributed by atoms with Gasteiger partial charge in [0.05, 0.1) is 24.4 Å². The van der Waals surface area contributed by atoms with Crippen LogP contribution in [0.4, 0.5) is 0 Å². The van der Waals surface area contributed by atoms with Crippen LogP contribution in [-0.2, 0) is 41.8 Å². The van der Waals surface area contributed by atoms with Crippen molar-refractivity contribution in [3.63, 3.8) is 0 Å². The number of aromatic hydroxyl groups is 1. The van der Waals surface area contributed by atoms with E-state index in [2.05, 4.69) is 62.4 Å². The summed E-state index contributed by atoms with van der Waals surface area (Å²) < 4.78 is 18.7. The molecule has 11 atom stereocenters. The highest BCUT2D eigenvalue weighted by molar-refractivity contribution is 5.44. The van der Waals surface area contributed by atoms with E-state index >= 15 is 0 Å². The Bertz CT molecular complexity index is 1740. The molecular weight excluding hydrogens is 761 g/mol. The lowest BCUT2D eigenvalue weighted by Gasteiger charge is -2.33. The van der Waals surface area contributed by atoms with Gasteiger partial charge in [0.1, 0.15) is 18.1 Å². The second-order valence-corrected chi connectivity index (χ2v) is 19.5. The molecule has 3 aromatic carbocycles. The van der Waals surface area contributed by atoms with Crippen molar-refractivity contribution in [1.29, 1.82) is 0 Å². The van der Waals surface area contributed by atoms with Gasteiger partial charge in [-0.05, 0) is 172 Å². The van der Waals surface area contributed by atoms with Gasteiger partial charge in [-0.2, -0.15) is 0 Å². The number of hydrogen-bond acceptors (Lipinski definition) is 7. The normalized spacial score (nSPS) is 28.7. The Balaban J connectivity index is 0.000000202. The molecule has 0 aromatic heterocycles. The highest BCUT2D eigenvalue weighted by Crippen LogP contribution is 2.50. The van der Waals surface area contributed by atoms with Crippen LogP contribution in [0.25, 0.3) is 0 Å². The highest BCUT2D eigenvalue weighted by Gasteiger charge is 2.46. The maximum atomic E-state index is 11.2. The van der Waals surface area contributed by atoms with Crippen molar-refractivity contribution < 1.29 is 34.6 Å². The number of fused-ring (bicyclic) bond motifs is 4. The van der Waals surface area contributed by atoms with Crippen molar-refractivity contribution in [1.82, 2.24) is 0 Å². The molecule has 2 saturated carbocycles. The number of benzene rings is 3. The van der Waals surface area contributed by atoms with E-state index in [4.69, 9.17) is 14.2 Å². The van der Waals surface area contributed by atoms with E-state index in [1.807, 2.05) is 12.1 Å². The first-order valence-corrected chi connectivity index (χ1v) is 24.7. The first kappa shape index (κ1) is 46.1. The highest BCUT2D eigenvalue weighted by atomic mass is 16.7. The molecule has 8 rings (SSSR count). The van der Waals surface area contributed by atoms with Gasteiger partial charge in [0.2, 0.25) is 0 Å². The van der Waals surface area contributed by atoms with Gasteiger partial charge >= 0.3 is 0 Å². The van der Waals surface area contributed by atoms with E-state index in [9.17, 15) is 20.4 Å². The Kier molecular flexibility index (Phi) is 17.5. The lowest BCUT2D eigenvalue weighted by molar-refractivity contribution is -0.191. The number of ether oxygens (including phenoxy) is 3. The van der Waals surface area contributed by atoms with E-state index < -0.39 is 0 Å². The third-order valence-corrected chi connectivity index (χ3v) is 15.4. The van der Waals surface area contributed by atoms with E-state index in [1.165, 1.54) is 60.8 Å². The molecule has 0 amide bonds. The van der Waals surface area contributed by atoms with Crippen molar-refractivity contribution in [3.05, 3.63) is 94.5 Å². The predicted molar refractivity (Wildman–Crippen MR) is 244 cm³/mol. The fourth-order valence-electron chi connectivity index (χ4n) is 12.0. The summed E-state index contributed by atoms with van der Waals surface area (Å²) in [6.07, 6.45) is 21.6. The Hall–Kier alpha value is -2.94. The molecule has 1 saturated heterocycles. The molecular formula is C54H78O7. The van der Waals surface area contributed by atoms with Gasteiger partial charge in [-0.3, -0.25) is 0 Å². The van der Waals surface area contributed by atoms with Crippen molar-refractivity contribution in [2.24, 2.45) is 35.5 Å². The number of aliphatic hydroxyl groups excluding tert-OH is 3. The summed E-state index contributed by atoms with van der Waals surface area (Å²) in [6.45, 7) is 5.86. The minimum Gasteiger partial charge on any atom is -0.508 e. The van der Waals surface area contributed by atoms with Crippen molar-refractivity contribution >= 4 is 0 Å². The summed E-state index contributed by atoms with van der Waals surface area (Å²) in [6, 6.07) is 22.7. The molecule has 3 fully saturated rings. The van der Waals surface area contributed by atoms with Gasteiger partial charge in [0.15, 0.2) is 6.29 Å². The molecule has 1 aliphatic heterocycles. The van der Waals surface area contributed by atoms with Crippen LogP contribution < -0.4 is 4.74 Å². The number of unbranched alkanes of at least 4 members (excludes halogenated alkanes) is 4. The smallest absolute Gasteiger partial charge is 0.157 e. The van der Waals surface area contributed by atoms with Gasteiger partial charge in [-0.25, -0.2) is 0 Å². The maximum Gasteiger partial charge on any atom is 0.157 e. The van der Waals surface area contributed by atoms with Crippen molar-refractivity contribution in [3.8, 4) is 11.5 Å². The predicted octanol–water partition coefficient (Wildman–Crippen LogP) is 11.1. The molecule has 7 nitrogen and oxygen atoms in total. The van der Waals surface area contributed by atoms with Crippen LogP contribution in [0, 0.1) is 35.5 Å². The zero-order valence-electron chi connectivity index (χ0n) is 37.5. The lowest BCUT2D eigenvalue weighted by Crippen LogP contribution is -2.30. The Labute approximate surface area is 367 Å². The number of hydrogen-bond donors (Lipinski definition) is 4. The SMILES string of the molecule is CCCCC[C@@H](CC[C@@H]1[C@H]2Cc3cccc(OCc4ccccc4)c3C[C@H]2C[C@H]1O)OC1CCCCO1.CCCCC[C@H](O)CC[C@@H]1[C@H]2Cc3cccc(O)c3C[C@H]2C[C@H]1O. The van der Waals surface area contributed by atoms with Crippen molar-refractivity contribution in [2.45, 2.75) is 186 Å². The van der Waals surface area contributed by atoms with Crippen LogP contribution in [0.15, 0.2) is 66.7 Å². The molecule has 7 heteroatoms. The van der Waals surface area contributed by atoms with Crippen LogP contribution in [-0.4, -0.2) is 57.7 Å². The second kappa shape index (κ2) is 23.1. The molecule has 0 radical (unpaired) electrons. The average Bonchev–Trinajstić information content (AvgIpc) is 3.76. The second-order valence-electron chi connectivity index (χ2n) is 19.5. The molecule has 0 spiro atoms. The Morgan fingerprint density at radius 2 is 1.31 bits per heavy atom. The molecule has 1 unspecified atom stereocenters. The minimum atomic E-state index is -0.251. The number of rotatable bonds is 19. The van der Waals surface area contributed by atoms with Crippen LogP contribution >= 0.6 is 0 Å². The van der Waals surface area contributed by atoms with Crippen LogP contribution in [0.5, 0.6) is 11.5 Å². The molecule has 4 N–H and O–H groups in total. The van der Waals surface area contributed by atoms with E-state index in [-0.39, 0.29) is 30.7 Å². The molecule has 5 aliphatic rings. The third-order valence-electron chi connectivity index (χ3n) is 15.4. The van der Waals surface area contributed by atoms with Crippen molar-refractivity contribution in [2.75, 3.05) is 6.61 Å². The van der Waals surface area contributed by atoms with E-state index in [0.717, 1.165) is 114 Å². The zero-order valence-corrected chi connectivity index (χ0v) is 37.5. The van der Waals surface area contributed by atoms with E-state index in [1.54, 1.807) is 6.07 Å². The van der Waals surface area contributed by atoms with E-state index in [0.29, 0.717) is 47.9 Å². The molecule has 336 valence electrons. The molecule has 0 bridgehead atoms. The summed E-state index contributed by atoms with van der Waals surface area (Å²) in [5.41, 5.74) is 6.31. The number of phenols is 1. The summed E-state index contributed by atoms with van der Waals surface area (Å²) in [4.78, 5) is 0. The zero-order chi connectivity index (χ0) is 42.6. The number of aliphatic hydroxyl groups is 3. The van der Waals surface area contributed by atoms with Gasteiger partial charge < -0.3 is 34.6 Å². The fourth-order valence-corrected chi connectivity index (χ4v) is 12.0. The van der Waals surface area contributed by atoms with Gasteiger partial charge in [0, 0.05) is 6.61 Å². The molecule has 3 aromatic rings. The molecule has 4 aliphatic carbocycles. The van der Waals surface area contributed by atoms with Crippen LogP contribution in [0.1, 0.15) is 151 Å². The molecule has 61 heavy (non-hydrogen) atoms. The Morgan fingerprint density at radius 1 is 0.672 bits per heavy atom. The summed E-state index contributed by atoms with van der Waals surface area (Å²) in [5, 5.41) is 42.0. The maximum absolute atomic E-state index is 11.2. The largest absolute Gasteiger partial charge is 0.508 e. The quantitative estimate of drug-likeness (QED) is 0.0891. The number of phenolic OH excluding ortho intramolecular Hbond substituents is 1. The minimum absolute atomic E-state index is 0.0301. The summed E-state index contributed by atoms with van der Waals surface area (Å²) in [7, 11) is 0. The topological polar surface area (TPSA) is 109 Å². The molecule has 1 heterocycles. The van der Waals surface area contributed by atoms with Crippen LogP contribution in [0.3, 0.4) is 0 Å². The average molecular weight is 839 g/mol. The fraction of sp³-hybridized carbons (Fsp3) is 0.667. The van der Waals surface area contributed by atoms with Crippen LogP contribution in [0.2, 0.25) is 0 Å². The monoisotopic (exact) mass is 839 g/mol. The van der Waals surface area contributed by atoms with Gasteiger partial charge in [-0.1, -0.05) is 107 Å². The Morgan fingerprint density at radius 3 is 1.98 bits per heavy atom. The lowest BCUT2D eigenvalue weighted by atomic mass is 9.73. The van der Waals surface area contributed by atoms with Gasteiger partial charge in [-0.15, -0.1) is 0 Å². The summed E-state index contributed by atoms with van der Waals surface area (Å²) in [5.74, 6) is 4.15. The summed E-state index contributed by atoms with van der Waals surface area (Å²) >= 11 is 0. The first-order chi connectivity index (χ1) is 29.8. The first-order valence-electron chi connectivity index (χ1n) is 24.7. The van der Waals surface area contributed by atoms with Gasteiger partial charge in [0.25, 0.3) is 0 Å².